The van der Waals surface area contributed by atoms with Gasteiger partial charge in [0.25, 0.3) is 0 Å². The minimum absolute atomic E-state index is 0.155. The molecule has 0 aliphatic carbocycles. The summed E-state index contributed by atoms with van der Waals surface area (Å²) in [6.07, 6.45) is 0.738. The molecule has 0 radical (unpaired) electrons. The van der Waals surface area contributed by atoms with E-state index in [0.717, 1.165) is 17.5 Å². The number of hydrogen-bond donors (Lipinski definition) is 1. The number of rotatable bonds is 2. The first-order valence-electron chi connectivity index (χ1n) is 5.75. The molecule has 1 fully saturated rings. The predicted molar refractivity (Wildman–Crippen MR) is 66.9 cm³/mol. The molecule has 1 atom stereocenters. The number of ether oxygens (including phenoxy) is 1. The fraction of sp³-hybridized carbons (Fsp3) is 0.214. The van der Waals surface area contributed by atoms with Crippen LogP contribution in [0.25, 0.3) is 10.8 Å². The lowest BCUT2D eigenvalue weighted by molar-refractivity contribution is -0.138. The number of fused-ring (bicyclic) bond motifs is 1. The second-order valence-corrected chi connectivity index (χ2v) is 4.18. The lowest BCUT2D eigenvalue weighted by atomic mass is 10.1. The van der Waals surface area contributed by atoms with Gasteiger partial charge in [-0.05, 0) is 11.5 Å². The van der Waals surface area contributed by atoms with Crippen LogP contribution in [0.5, 0.6) is 0 Å². The van der Waals surface area contributed by atoms with Gasteiger partial charge < -0.3 is 10.1 Å². The average Bonchev–Trinajstić information content (AvgIpc) is 2.76. The topological polar surface area (TPSA) is 38.3 Å². The van der Waals surface area contributed by atoms with Crippen molar-refractivity contribution < 1.29 is 9.53 Å². The van der Waals surface area contributed by atoms with Crippen molar-refractivity contribution >= 4 is 22.4 Å². The van der Waals surface area contributed by atoms with Crippen molar-refractivity contribution in [3.8, 4) is 0 Å². The first-order chi connectivity index (χ1) is 8.34. The number of hydrogen-bond acceptors (Lipinski definition) is 3. The molecule has 1 saturated heterocycles. The van der Waals surface area contributed by atoms with Crippen molar-refractivity contribution in [1.82, 2.24) is 0 Å². The molecule has 0 aromatic heterocycles. The van der Waals surface area contributed by atoms with Crippen molar-refractivity contribution in [2.24, 2.45) is 0 Å². The van der Waals surface area contributed by atoms with Crippen LogP contribution in [0.15, 0.2) is 42.5 Å². The summed E-state index contributed by atoms with van der Waals surface area (Å²) in [5.41, 5.74) is 0.993. The van der Waals surface area contributed by atoms with Crippen molar-refractivity contribution in [2.75, 3.05) is 11.9 Å². The van der Waals surface area contributed by atoms with Gasteiger partial charge >= 0.3 is 5.97 Å². The molecule has 2 aromatic rings. The molecular formula is C14H13NO2. The molecule has 1 heterocycles. The highest BCUT2D eigenvalue weighted by Gasteiger charge is 2.26. The summed E-state index contributed by atoms with van der Waals surface area (Å²) in [7, 11) is 0. The van der Waals surface area contributed by atoms with Crippen molar-refractivity contribution in [1.29, 1.82) is 0 Å². The quantitative estimate of drug-likeness (QED) is 0.801. The molecule has 1 aliphatic heterocycles. The zero-order valence-corrected chi connectivity index (χ0v) is 9.35. The second-order valence-electron chi connectivity index (χ2n) is 4.18. The number of carbonyl (C=O) groups is 1. The van der Waals surface area contributed by atoms with Gasteiger partial charge in [-0.3, -0.25) is 0 Å². The summed E-state index contributed by atoms with van der Waals surface area (Å²) in [4.78, 5) is 11.4. The van der Waals surface area contributed by atoms with Gasteiger partial charge in [0.1, 0.15) is 6.04 Å². The zero-order valence-electron chi connectivity index (χ0n) is 9.35. The van der Waals surface area contributed by atoms with Crippen LogP contribution < -0.4 is 5.32 Å². The molecule has 1 N–H and O–H groups in total. The Bertz CT molecular complexity index is 560. The van der Waals surface area contributed by atoms with Gasteiger partial charge in [-0.25, -0.2) is 4.79 Å². The van der Waals surface area contributed by atoms with Crippen molar-refractivity contribution in [3.05, 3.63) is 42.5 Å². The van der Waals surface area contributed by atoms with Crippen LogP contribution in [0.4, 0.5) is 5.69 Å². The minimum Gasteiger partial charge on any atom is -0.464 e. The normalized spacial score (nSPS) is 19.3. The van der Waals surface area contributed by atoms with Gasteiger partial charge in [0, 0.05) is 17.5 Å². The van der Waals surface area contributed by atoms with E-state index in [9.17, 15) is 4.79 Å². The van der Waals surface area contributed by atoms with Crippen molar-refractivity contribution in [2.45, 2.75) is 12.5 Å². The summed E-state index contributed by atoms with van der Waals surface area (Å²) in [6.45, 7) is 0.515. The van der Waals surface area contributed by atoms with E-state index in [-0.39, 0.29) is 12.0 Å². The summed E-state index contributed by atoms with van der Waals surface area (Å²) in [5.74, 6) is -0.155. The second kappa shape index (κ2) is 4.09. The lowest BCUT2D eigenvalue weighted by Gasteiger charge is -2.12. The number of esters is 1. The molecule has 3 rings (SSSR count). The maximum absolute atomic E-state index is 11.4. The molecule has 0 saturated carbocycles. The van der Waals surface area contributed by atoms with Gasteiger partial charge in [0.2, 0.25) is 0 Å². The highest BCUT2D eigenvalue weighted by atomic mass is 16.5. The standard InChI is InChI=1S/C14H13NO2/c16-14-13(8-9-17-14)15-12-7-3-5-10-4-1-2-6-11(10)12/h1-7,13,15H,8-9H2/t13-/m1/s1. The first kappa shape index (κ1) is 10.1. The fourth-order valence-electron chi connectivity index (χ4n) is 2.17. The van der Waals surface area contributed by atoms with Gasteiger partial charge in [-0.2, -0.15) is 0 Å². The Hall–Kier alpha value is -2.03. The number of cyclic esters (lactones) is 1. The summed E-state index contributed by atoms with van der Waals surface area (Å²) in [5, 5.41) is 5.56. The van der Waals surface area contributed by atoms with E-state index >= 15 is 0 Å². The highest BCUT2D eigenvalue weighted by Crippen LogP contribution is 2.25. The van der Waals surface area contributed by atoms with Crippen LogP contribution in [0, 0.1) is 0 Å². The molecule has 0 bridgehead atoms. The van der Waals surface area contributed by atoms with Crippen molar-refractivity contribution in [3.63, 3.8) is 0 Å². The Balaban J connectivity index is 1.97. The van der Waals surface area contributed by atoms with E-state index < -0.39 is 0 Å². The van der Waals surface area contributed by atoms with E-state index in [1.54, 1.807) is 0 Å². The average molecular weight is 227 g/mol. The monoisotopic (exact) mass is 227 g/mol. The summed E-state index contributed by atoms with van der Waals surface area (Å²) in [6, 6.07) is 14.0. The van der Waals surface area contributed by atoms with E-state index in [0.29, 0.717) is 6.61 Å². The molecule has 86 valence electrons. The Morgan fingerprint density at radius 2 is 1.94 bits per heavy atom. The van der Waals surface area contributed by atoms with Gasteiger partial charge in [-0.15, -0.1) is 0 Å². The largest absolute Gasteiger partial charge is 0.464 e. The smallest absolute Gasteiger partial charge is 0.328 e. The summed E-state index contributed by atoms with van der Waals surface area (Å²) >= 11 is 0. The van der Waals surface area contributed by atoms with E-state index in [1.807, 2.05) is 24.3 Å². The molecular weight excluding hydrogens is 214 g/mol. The Morgan fingerprint density at radius 1 is 1.12 bits per heavy atom. The van der Waals surface area contributed by atoms with Gasteiger partial charge in [0.05, 0.1) is 6.61 Å². The molecule has 3 nitrogen and oxygen atoms in total. The lowest BCUT2D eigenvalue weighted by Crippen LogP contribution is -2.24. The fourth-order valence-corrected chi connectivity index (χ4v) is 2.17. The maximum Gasteiger partial charge on any atom is 0.328 e. The third kappa shape index (κ3) is 1.84. The molecule has 0 spiro atoms. The first-order valence-corrected chi connectivity index (χ1v) is 5.75. The van der Waals surface area contributed by atoms with Gasteiger partial charge in [0.15, 0.2) is 0 Å². The molecule has 0 unspecified atom stereocenters. The third-order valence-corrected chi connectivity index (χ3v) is 3.05. The Labute approximate surface area is 99.4 Å². The number of nitrogens with one attached hydrogen (secondary N) is 1. The maximum atomic E-state index is 11.4. The molecule has 0 amide bonds. The SMILES string of the molecule is O=C1OCC[C@H]1Nc1cccc2ccccc12. The predicted octanol–water partition coefficient (Wildman–Crippen LogP) is 2.57. The van der Waals surface area contributed by atoms with Crippen LogP contribution in [-0.2, 0) is 9.53 Å². The number of anilines is 1. The van der Waals surface area contributed by atoms with Crippen LogP contribution in [-0.4, -0.2) is 18.6 Å². The van der Waals surface area contributed by atoms with E-state index in [1.165, 1.54) is 5.39 Å². The van der Waals surface area contributed by atoms with E-state index in [2.05, 4.69) is 23.5 Å². The molecule has 17 heavy (non-hydrogen) atoms. The zero-order chi connectivity index (χ0) is 11.7. The van der Waals surface area contributed by atoms with E-state index in [4.69, 9.17) is 4.74 Å². The van der Waals surface area contributed by atoms with Crippen LogP contribution in [0.3, 0.4) is 0 Å². The van der Waals surface area contributed by atoms with Crippen LogP contribution >= 0.6 is 0 Å². The molecule has 1 aliphatic rings. The third-order valence-electron chi connectivity index (χ3n) is 3.05. The van der Waals surface area contributed by atoms with Gasteiger partial charge in [-0.1, -0.05) is 36.4 Å². The molecule has 2 aromatic carbocycles. The summed E-state index contributed by atoms with van der Waals surface area (Å²) < 4.78 is 4.95. The number of carbonyl (C=O) groups excluding carboxylic acids is 1. The van der Waals surface area contributed by atoms with Crippen LogP contribution in [0.1, 0.15) is 6.42 Å². The molecule has 3 heteroatoms. The Morgan fingerprint density at radius 3 is 2.76 bits per heavy atom. The minimum atomic E-state index is -0.208. The highest BCUT2D eigenvalue weighted by molar-refractivity contribution is 5.95. The Kier molecular flexibility index (Phi) is 2.44. The number of benzene rings is 2. The van der Waals surface area contributed by atoms with Crippen LogP contribution in [0.2, 0.25) is 0 Å².